The van der Waals surface area contributed by atoms with Crippen LogP contribution in [-0.4, -0.2) is 59.9 Å². The summed E-state index contributed by atoms with van der Waals surface area (Å²) in [5.74, 6) is 0.247. The molecule has 4 heteroatoms. The quantitative estimate of drug-likeness (QED) is 0.724. The molecule has 0 aromatic carbocycles. The van der Waals surface area contributed by atoms with Crippen molar-refractivity contribution in [1.82, 2.24) is 14.4 Å². The van der Waals surface area contributed by atoms with E-state index in [1.165, 1.54) is 0 Å². The zero-order valence-corrected chi connectivity index (χ0v) is 10.7. The van der Waals surface area contributed by atoms with Crippen molar-refractivity contribution in [2.24, 2.45) is 7.05 Å². The highest BCUT2D eigenvalue weighted by Gasteiger charge is 2.15. The van der Waals surface area contributed by atoms with Crippen molar-refractivity contribution in [1.29, 1.82) is 0 Å². The second-order valence-corrected chi connectivity index (χ2v) is 4.82. The molecule has 0 N–H and O–H groups in total. The average molecular weight is 235 g/mol. The fourth-order valence-corrected chi connectivity index (χ4v) is 2.21. The number of hydrogen-bond acceptors (Lipinski definition) is 3. The molecule has 0 aliphatic carbocycles. The van der Waals surface area contributed by atoms with Crippen molar-refractivity contribution in [2.75, 3.05) is 39.8 Å². The molecule has 1 aromatic rings. The molecule has 0 unspecified atom stereocenters. The Morgan fingerprint density at radius 1 is 1.24 bits per heavy atom. The molecule has 94 valence electrons. The Labute approximate surface area is 103 Å². The number of hydrogen-bond donors (Lipinski definition) is 0. The zero-order valence-electron chi connectivity index (χ0n) is 10.7. The number of aromatic nitrogens is 1. The van der Waals surface area contributed by atoms with E-state index in [1.54, 1.807) is 0 Å². The third kappa shape index (κ3) is 3.17. The monoisotopic (exact) mass is 235 g/mol. The molecule has 0 spiro atoms. The van der Waals surface area contributed by atoms with E-state index >= 15 is 0 Å². The summed E-state index contributed by atoms with van der Waals surface area (Å²) in [6.45, 7) is 5.27. The minimum Gasteiger partial charge on any atom is -0.348 e. The molecule has 4 nitrogen and oxygen atoms in total. The lowest BCUT2D eigenvalue weighted by molar-refractivity contribution is 0.0934. The lowest BCUT2D eigenvalue weighted by Gasteiger charge is -2.32. The van der Waals surface area contributed by atoms with E-state index in [0.29, 0.717) is 6.42 Å². The Kier molecular flexibility index (Phi) is 3.97. The molecule has 0 bridgehead atoms. The van der Waals surface area contributed by atoms with E-state index in [-0.39, 0.29) is 5.78 Å². The Morgan fingerprint density at radius 3 is 2.53 bits per heavy atom. The van der Waals surface area contributed by atoms with Crippen molar-refractivity contribution in [3.8, 4) is 0 Å². The largest absolute Gasteiger partial charge is 0.348 e. The predicted molar refractivity (Wildman–Crippen MR) is 68.3 cm³/mol. The number of carbonyl (C=O) groups excluding carboxylic acids is 1. The van der Waals surface area contributed by atoms with Gasteiger partial charge in [-0.25, -0.2) is 0 Å². The van der Waals surface area contributed by atoms with Gasteiger partial charge in [-0.15, -0.1) is 0 Å². The van der Waals surface area contributed by atoms with Gasteiger partial charge in [-0.05, 0) is 19.2 Å². The smallest absolute Gasteiger partial charge is 0.180 e. The van der Waals surface area contributed by atoms with Crippen LogP contribution in [0.3, 0.4) is 0 Å². The van der Waals surface area contributed by atoms with Crippen LogP contribution in [0.25, 0.3) is 0 Å². The third-order valence-electron chi connectivity index (χ3n) is 3.48. The van der Waals surface area contributed by atoms with Gasteiger partial charge >= 0.3 is 0 Å². The lowest BCUT2D eigenvalue weighted by atomic mass is 10.2. The summed E-state index contributed by atoms with van der Waals surface area (Å²) in [6.07, 6.45) is 2.55. The number of rotatable bonds is 4. The first-order valence-corrected chi connectivity index (χ1v) is 6.22. The molecule has 0 amide bonds. The van der Waals surface area contributed by atoms with E-state index in [1.807, 2.05) is 29.9 Å². The zero-order chi connectivity index (χ0) is 12.3. The minimum absolute atomic E-state index is 0.247. The first-order valence-electron chi connectivity index (χ1n) is 6.22. The van der Waals surface area contributed by atoms with Crippen LogP contribution < -0.4 is 0 Å². The molecule has 1 aliphatic heterocycles. The number of piperazine rings is 1. The summed E-state index contributed by atoms with van der Waals surface area (Å²) in [7, 11) is 4.07. The molecular formula is C13H21N3O. The van der Waals surface area contributed by atoms with Crippen molar-refractivity contribution in [2.45, 2.75) is 6.42 Å². The maximum Gasteiger partial charge on any atom is 0.180 e. The summed E-state index contributed by atoms with van der Waals surface area (Å²) in [6, 6.07) is 3.81. The van der Waals surface area contributed by atoms with E-state index in [0.717, 1.165) is 38.4 Å². The van der Waals surface area contributed by atoms with Crippen LogP contribution >= 0.6 is 0 Å². The van der Waals surface area contributed by atoms with Gasteiger partial charge in [-0.1, -0.05) is 0 Å². The molecule has 0 saturated carbocycles. The molecule has 2 heterocycles. The topological polar surface area (TPSA) is 28.5 Å². The Morgan fingerprint density at radius 2 is 1.94 bits per heavy atom. The van der Waals surface area contributed by atoms with E-state index < -0.39 is 0 Å². The van der Waals surface area contributed by atoms with E-state index in [9.17, 15) is 4.79 Å². The van der Waals surface area contributed by atoms with Gasteiger partial charge in [0.05, 0.1) is 5.69 Å². The van der Waals surface area contributed by atoms with Crippen LogP contribution in [0.2, 0.25) is 0 Å². The first kappa shape index (κ1) is 12.3. The van der Waals surface area contributed by atoms with E-state index in [2.05, 4.69) is 16.8 Å². The first-order chi connectivity index (χ1) is 8.16. The van der Waals surface area contributed by atoms with Crippen LogP contribution in [0.5, 0.6) is 0 Å². The van der Waals surface area contributed by atoms with Gasteiger partial charge in [0.2, 0.25) is 0 Å². The molecule has 17 heavy (non-hydrogen) atoms. The van der Waals surface area contributed by atoms with Crippen LogP contribution in [-0.2, 0) is 7.05 Å². The Hall–Kier alpha value is -1.13. The minimum atomic E-state index is 0.247. The average Bonchev–Trinajstić information content (AvgIpc) is 2.74. The van der Waals surface area contributed by atoms with Crippen molar-refractivity contribution in [3.63, 3.8) is 0 Å². The van der Waals surface area contributed by atoms with Crippen molar-refractivity contribution >= 4 is 5.78 Å². The number of nitrogens with zero attached hydrogens (tertiary/aromatic N) is 3. The SMILES string of the molecule is CN1CCN(CCC(=O)c2cccn2C)CC1. The fraction of sp³-hybridized carbons (Fsp3) is 0.615. The maximum atomic E-state index is 12.0. The van der Waals surface area contributed by atoms with Crippen molar-refractivity contribution in [3.05, 3.63) is 24.0 Å². The van der Waals surface area contributed by atoms with Gasteiger partial charge in [-0.2, -0.15) is 0 Å². The Balaban J connectivity index is 1.79. The number of likely N-dealkylation sites (N-methyl/N-ethyl adjacent to an activating group) is 1. The maximum absolute atomic E-state index is 12.0. The third-order valence-corrected chi connectivity index (χ3v) is 3.48. The van der Waals surface area contributed by atoms with Crippen LogP contribution in [0.15, 0.2) is 18.3 Å². The number of carbonyl (C=O) groups is 1. The molecule has 1 fully saturated rings. The van der Waals surface area contributed by atoms with Gasteiger partial charge in [0, 0.05) is 52.4 Å². The number of Topliss-reactive ketones (excluding diaryl/α,β-unsaturated/α-hetero) is 1. The van der Waals surface area contributed by atoms with Gasteiger partial charge in [0.15, 0.2) is 5.78 Å². The normalized spacial score (nSPS) is 18.5. The van der Waals surface area contributed by atoms with Gasteiger partial charge in [0.1, 0.15) is 0 Å². The molecule has 0 radical (unpaired) electrons. The van der Waals surface area contributed by atoms with Crippen LogP contribution in [0.4, 0.5) is 0 Å². The van der Waals surface area contributed by atoms with Gasteiger partial charge < -0.3 is 14.4 Å². The molecule has 2 rings (SSSR count). The lowest BCUT2D eigenvalue weighted by Crippen LogP contribution is -2.45. The Bertz CT molecular complexity index is 378. The molecule has 1 saturated heterocycles. The highest BCUT2D eigenvalue weighted by molar-refractivity contribution is 5.94. The summed E-state index contributed by atoms with van der Waals surface area (Å²) < 4.78 is 1.90. The standard InChI is InChI=1S/C13H21N3O/c1-14-8-10-16(11-9-14)7-5-13(17)12-4-3-6-15(12)2/h3-4,6H,5,7-11H2,1-2H3. The summed E-state index contributed by atoms with van der Waals surface area (Å²) in [5, 5.41) is 0. The van der Waals surface area contributed by atoms with Crippen LogP contribution in [0, 0.1) is 0 Å². The highest BCUT2D eigenvalue weighted by atomic mass is 16.1. The van der Waals surface area contributed by atoms with Gasteiger partial charge in [-0.3, -0.25) is 4.79 Å². The summed E-state index contributed by atoms with van der Waals surface area (Å²) >= 11 is 0. The number of ketones is 1. The molecule has 1 aliphatic rings. The molecule has 1 aromatic heterocycles. The van der Waals surface area contributed by atoms with Gasteiger partial charge in [0.25, 0.3) is 0 Å². The predicted octanol–water partition coefficient (Wildman–Crippen LogP) is 0.845. The second-order valence-electron chi connectivity index (χ2n) is 4.82. The van der Waals surface area contributed by atoms with Crippen molar-refractivity contribution < 1.29 is 4.79 Å². The summed E-state index contributed by atoms with van der Waals surface area (Å²) in [5.41, 5.74) is 0.819. The highest BCUT2D eigenvalue weighted by Crippen LogP contribution is 2.06. The second kappa shape index (κ2) is 5.47. The van der Waals surface area contributed by atoms with Crippen LogP contribution in [0.1, 0.15) is 16.9 Å². The molecular weight excluding hydrogens is 214 g/mol. The number of aryl methyl sites for hydroxylation is 1. The van der Waals surface area contributed by atoms with E-state index in [4.69, 9.17) is 0 Å². The summed E-state index contributed by atoms with van der Waals surface area (Å²) in [4.78, 5) is 16.7. The fourth-order valence-electron chi connectivity index (χ4n) is 2.21. The molecule has 0 atom stereocenters.